The first-order valence-corrected chi connectivity index (χ1v) is 5.33. The zero-order valence-corrected chi connectivity index (χ0v) is 9.14. The molecule has 0 spiro atoms. The molecule has 0 aliphatic rings. The first kappa shape index (κ1) is 9.64. The Hall–Kier alpha value is -0.910. The number of hydrogen-bond acceptors (Lipinski definition) is 4. The predicted molar refractivity (Wildman–Crippen MR) is 56.9 cm³/mol. The molecule has 2 aromatic heterocycles. The summed E-state index contributed by atoms with van der Waals surface area (Å²) in [4.78, 5) is 4.29. The molecule has 0 unspecified atom stereocenters. The molecule has 0 atom stereocenters. The molecule has 2 aromatic rings. The molecule has 4 nitrogen and oxygen atoms in total. The van der Waals surface area contributed by atoms with Gasteiger partial charge in [0.2, 0.25) is 5.13 Å². The summed E-state index contributed by atoms with van der Waals surface area (Å²) in [6, 6.07) is 0. The summed E-state index contributed by atoms with van der Waals surface area (Å²) in [6.45, 7) is 2.31. The van der Waals surface area contributed by atoms with E-state index in [4.69, 9.17) is 17.3 Å². The fourth-order valence-corrected chi connectivity index (χ4v) is 1.92. The molecular formula is C8H9ClN4S. The first-order chi connectivity index (χ1) is 6.70. The van der Waals surface area contributed by atoms with Gasteiger partial charge in [-0.2, -0.15) is 5.10 Å². The monoisotopic (exact) mass is 228 g/mol. The average molecular weight is 229 g/mol. The standard InChI is InChI=1S/C8H9ClN4S/c1-5-7(9)3-13(12-5)8-11-6(2-10)4-14-8/h3-4H,2,10H2,1H3. The Morgan fingerprint density at radius 2 is 2.43 bits per heavy atom. The van der Waals surface area contributed by atoms with E-state index in [9.17, 15) is 0 Å². The minimum atomic E-state index is 0.449. The van der Waals surface area contributed by atoms with E-state index in [-0.39, 0.29) is 0 Å². The van der Waals surface area contributed by atoms with E-state index >= 15 is 0 Å². The van der Waals surface area contributed by atoms with Crippen LogP contribution in [-0.2, 0) is 6.54 Å². The number of nitrogens with two attached hydrogens (primary N) is 1. The average Bonchev–Trinajstić information content (AvgIpc) is 2.74. The SMILES string of the molecule is Cc1nn(-c2nc(CN)cs2)cc1Cl. The van der Waals surface area contributed by atoms with Crippen molar-refractivity contribution in [2.75, 3.05) is 0 Å². The van der Waals surface area contributed by atoms with Gasteiger partial charge in [-0.15, -0.1) is 11.3 Å². The van der Waals surface area contributed by atoms with Crippen molar-refractivity contribution in [3.63, 3.8) is 0 Å². The second-order valence-corrected chi connectivity index (χ2v) is 4.08. The summed E-state index contributed by atoms with van der Waals surface area (Å²) >= 11 is 7.39. The highest BCUT2D eigenvalue weighted by Crippen LogP contribution is 2.18. The third-order valence-electron chi connectivity index (χ3n) is 1.78. The van der Waals surface area contributed by atoms with Crippen LogP contribution in [-0.4, -0.2) is 14.8 Å². The van der Waals surface area contributed by atoms with E-state index in [0.29, 0.717) is 11.6 Å². The Bertz CT molecular complexity index is 428. The van der Waals surface area contributed by atoms with E-state index in [1.165, 1.54) is 11.3 Å². The molecule has 6 heteroatoms. The molecule has 2 heterocycles. The van der Waals surface area contributed by atoms with E-state index in [1.54, 1.807) is 10.9 Å². The lowest BCUT2D eigenvalue weighted by molar-refractivity contribution is 0.842. The van der Waals surface area contributed by atoms with Crippen LogP contribution in [0, 0.1) is 6.92 Å². The molecule has 74 valence electrons. The quantitative estimate of drug-likeness (QED) is 0.852. The molecule has 2 N–H and O–H groups in total. The number of thiazole rings is 1. The Morgan fingerprint density at radius 1 is 1.64 bits per heavy atom. The molecule has 14 heavy (non-hydrogen) atoms. The highest BCUT2D eigenvalue weighted by molar-refractivity contribution is 7.12. The Labute approximate surface area is 90.3 Å². The molecule has 0 aliphatic carbocycles. The number of rotatable bonds is 2. The second-order valence-electron chi connectivity index (χ2n) is 2.83. The third kappa shape index (κ3) is 1.66. The molecule has 0 saturated carbocycles. The fourth-order valence-electron chi connectivity index (χ4n) is 1.03. The van der Waals surface area contributed by atoms with E-state index in [2.05, 4.69) is 10.1 Å². The van der Waals surface area contributed by atoms with Crippen LogP contribution in [0.25, 0.3) is 5.13 Å². The van der Waals surface area contributed by atoms with E-state index < -0.39 is 0 Å². The lowest BCUT2D eigenvalue weighted by atomic mass is 10.5. The van der Waals surface area contributed by atoms with E-state index in [1.807, 2.05) is 12.3 Å². The van der Waals surface area contributed by atoms with Crippen molar-refractivity contribution in [2.45, 2.75) is 13.5 Å². The number of aryl methyl sites for hydroxylation is 1. The van der Waals surface area contributed by atoms with Gasteiger partial charge in [0.05, 0.1) is 22.6 Å². The summed E-state index contributed by atoms with van der Waals surface area (Å²) in [5.41, 5.74) is 7.14. The van der Waals surface area contributed by atoms with Gasteiger partial charge >= 0.3 is 0 Å². The maximum atomic E-state index is 5.89. The summed E-state index contributed by atoms with van der Waals surface area (Å²) < 4.78 is 1.67. The minimum Gasteiger partial charge on any atom is -0.325 e. The van der Waals surface area contributed by atoms with Gasteiger partial charge in [0.1, 0.15) is 0 Å². The van der Waals surface area contributed by atoms with Crippen molar-refractivity contribution < 1.29 is 0 Å². The smallest absolute Gasteiger partial charge is 0.210 e. The molecule has 0 bridgehead atoms. The van der Waals surface area contributed by atoms with E-state index in [0.717, 1.165) is 16.5 Å². The third-order valence-corrected chi connectivity index (χ3v) is 3.03. The zero-order chi connectivity index (χ0) is 10.1. The Morgan fingerprint density at radius 3 is 2.93 bits per heavy atom. The van der Waals surface area contributed by atoms with Gasteiger partial charge in [-0.25, -0.2) is 9.67 Å². The van der Waals surface area contributed by atoms with Crippen LogP contribution >= 0.6 is 22.9 Å². The maximum absolute atomic E-state index is 5.89. The van der Waals surface area contributed by atoms with Crippen molar-refractivity contribution in [3.8, 4) is 5.13 Å². The molecule has 2 rings (SSSR count). The Kier molecular flexibility index (Phi) is 2.54. The number of halogens is 1. The molecule has 0 fully saturated rings. The lowest BCUT2D eigenvalue weighted by Gasteiger charge is -1.92. The normalized spacial score (nSPS) is 10.8. The van der Waals surface area contributed by atoms with Crippen LogP contribution in [0.1, 0.15) is 11.4 Å². The summed E-state index contributed by atoms with van der Waals surface area (Å²) in [6.07, 6.45) is 1.75. The van der Waals surface area contributed by atoms with Crippen LogP contribution in [0.2, 0.25) is 5.02 Å². The van der Waals surface area contributed by atoms with Gasteiger partial charge in [-0.3, -0.25) is 0 Å². The first-order valence-electron chi connectivity index (χ1n) is 4.07. The predicted octanol–water partition coefficient (Wildman–Crippen LogP) is 1.75. The molecule has 0 aliphatic heterocycles. The highest BCUT2D eigenvalue weighted by atomic mass is 35.5. The molecule has 0 radical (unpaired) electrons. The van der Waals surface area contributed by atoms with Crippen LogP contribution in [0.15, 0.2) is 11.6 Å². The van der Waals surface area contributed by atoms with Crippen LogP contribution in [0.5, 0.6) is 0 Å². The zero-order valence-electron chi connectivity index (χ0n) is 7.57. The maximum Gasteiger partial charge on any atom is 0.210 e. The topological polar surface area (TPSA) is 56.7 Å². The minimum absolute atomic E-state index is 0.449. The van der Waals surface area contributed by atoms with Gasteiger partial charge in [0.25, 0.3) is 0 Å². The number of aromatic nitrogens is 3. The Balaban J connectivity index is 2.39. The molecular weight excluding hydrogens is 220 g/mol. The highest BCUT2D eigenvalue weighted by Gasteiger charge is 2.07. The van der Waals surface area contributed by atoms with Gasteiger partial charge in [0.15, 0.2) is 0 Å². The van der Waals surface area contributed by atoms with Crippen LogP contribution in [0.3, 0.4) is 0 Å². The number of nitrogens with zero attached hydrogens (tertiary/aromatic N) is 3. The van der Waals surface area contributed by atoms with Gasteiger partial charge in [-0.1, -0.05) is 11.6 Å². The molecule has 0 saturated heterocycles. The lowest BCUT2D eigenvalue weighted by Crippen LogP contribution is -1.98. The van der Waals surface area contributed by atoms with Crippen molar-refractivity contribution >= 4 is 22.9 Å². The second kappa shape index (κ2) is 3.68. The van der Waals surface area contributed by atoms with Crippen LogP contribution < -0.4 is 5.73 Å². The molecule has 0 amide bonds. The molecule has 0 aromatic carbocycles. The van der Waals surface area contributed by atoms with Crippen LogP contribution in [0.4, 0.5) is 0 Å². The fraction of sp³-hybridized carbons (Fsp3) is 0.250. The number of hydrogen-bond donors (Lipinski definition) is 1. The summed E-state index contributed by atoms with van der Waals surface area (Å²) in [5, 5.41) is 7.58. The van der Waals surface area contributed by atoms with Crippen molar-refractivity contribution in [1.82, 2.24) is 14.8 Å². The van der Waals surface area contributed by atoms with Crippen molar-refractivity contribution in [2.24, 2.45) is 5.73 Å². The largest absolute Gasteiger partial charge is 0.325 e. The van der Waals surface area contributed by atoms with Crippen molar-refractivity contribution in [1.29, 1.82) is 0 Å². The van der Waals surface area contributed by atoms with Crippen molar-refractivity contribution in [3.05, 3.63) is 28.0 Å². The van der Waals surface area contributed by atoms with Gasteiger partial charge < -0.3 is 5.73 Å². The summed E-state index contributed by atoms with van der Waals surface area (Å²) in [7, 11) is 0. The summed E-state index contributed by atoms with van der Waals surface area (Å²) in [5.74, 6) is 0. The van der Waals surface area contributed by atoms with Gasteiger partial charge in [-0.05, 0) is 6.92 Å². The van der Waals surface area contributed by atoms with Gasteiger partial charge in [0, 0.05) is 11.9 Å².